The Bertz CT molecular complexity index is 910. The first-order valence-electron chi connectivity index (χ1n) is 8.66. The second-order valence-corrected chi connectivity index (χ2v) is 7.45. The zero-order valence-electron chi connectivity index (χ0n) is 15.2. The van der Waals surface area contributed by atoms with E-state index in [1.807, 2.05) is 31.6 Å². The van der Waals surface area contributed by atoms with Crippen molar-refractivity contribution in [3.63, 3.8) is 0 Å². The predicted octanol–water partition coefficient (Wildman–Crippen LogP) is 4.17. The molecule has 0 fully saturated rings. The van der Waals surface area contributed by atoms with E-state index in [1.54, 1.807) is 0 Å². The van der Waals surface area contributed by atoms with Crippen LogP contribution in [0.3, 0.4) is 0 Å². The third kappa shape index (κ3) is 3.90. The number of benzene rings is 1. The summed E-state index contributed by atoms with van der Waals surface area (Å²) in [6.45, 7) is 6.12. The average Bonchev–Trinajstić information content (AvgIpc) is 3.07. The minimum atomic E-state index is -0.0514. The second kappa shape index (κ2) is 7.35. The number of hydrogen-bond acceptors (Lipinski definition) is 4. The number of anilines is 1. The van der Waals surface area contributed by atoms with Crippen LogP contribution in [0.1, 0.15) is 42.3 Å². The molecular weight excluding hydrogens is 332 g/mol. The molecule has 3 rings (SSSR count). The summed E-state index contributed by atoms with van der Waals surface area (Å²) >= 11 is 1.53. The molecule has 0 saturated heterocycles. The number of fused-ring (bicyclic) bond motifs is 1. The fourth-order valence-corrected chi connectivity index (χ4v) is 3.90. The van der Waals surface area contributed by atoms with Crippen molar-refractivity contribution in [3.8, 4) is 0 Å². The maximum Gasteiger partial charge on any atom is 0.230 e. The van der Waals surface area contributed by atoms with Crippen LogP contribution in [-0.4, -0.2) is 20.7 Å². The quantitative estimate of drug-likeness (QED) is 0.721. The SMILES string of the molecule is CCCCc1ccc2nc(NC(=O)Cc3c(C)nn(C)c3C)sc2c1. The molecule has 0 radical (unpaired) electrons. The highest BCUT2D eigenvalue weighted by atomic mass is 32.1. The summed E-state index contributed by atoms with van der Waals surface area (Å²) in [5.74, 6) is -0.0514. The molecule has 2 aromatic heterocycles. The van der Waals surface area contributed by atoms with E-state index < -0.39 is 0 Å². The first kappa shape index (κ1) is 17.6. The fourth-order valence-electron chi connectivity index (χ4n) is 2.96. The van der Waals surface area contributed by atoms with Crippen molar-refractivity contribution in [2.75, 3.05) is 5.32 Å². The van der Waals surface area contributed by atoms with E-state index in [2.05, 4.69) is 34.5 Å². The van der Waals surface area contributed by atoms with Gasteiger partial charge in [0.25, 0.3) is 0 Å². The molecule has 0 aliphatic heterocycles. The lowest BCUT2D eigenvalue weighted by Crippen LogP contribution is -2.15. The normalized spacial score (nSPS) is 11.2. The fraction of sp³-hybridized carbons (Fsp3) is 0.421. The van der Waals surface area contributed by atoms with Gasteiger partial charge in [-0.1, -0.05) is 30.7 Å². The smallest absolute Gasteiger partial charge is 0.230 e. The van der Waals surface area contributed by atoms with Gasteiger partial charge in [-0.2, -0.15) is 5.10 Å². The number of hydrogen-bond donors (Lipinski definition) is 1. The average molecular weight is 356 g/mol. The Kier molecular flexibility index (Phi) is 5.18. The third-order valence-electron chi connectivity index (χ3n) is 4.51. The number of unbranched alkanes of at least 4 members (excludes halogenated alkanes) is 1. The Morgan fingerprint density at radius 2 is 2.12 bits per heavy atom. The Hall–Kier alpha value is -2.21. The molecule has 6 heteroatoms. The molecule has 1 aromatic carbocycles. The maximum absolute atomic E-state index is 12.4. The van der Waals surface area contributed by atoms with E-state index >= 15 is 0 Å². The Labute approximate surface area is 152 Å². The number of aryl methyl sites for hydroxylation is 3. The van der Waals surface area contributed by atoms with E-state index in [0.29, 0.717) is 11.6 Å². The van der Waals surface area contributed by atoms with Crippen molar-refractivity contribution in [1.82, 2.24) is 14.8 Å². The number of amides is 1. The molecule has 0 bridgehead atoms. The lowest BCUT2D eigenvalue weighted by atomic mass is 10.1. The third-order valence-corrected chi connectivity index (χ3v) is 5.45. The molecule has 0 atom stereocenters. The van der Waals surface area contributed by atoms with Gasteiger partial charge in [-0.3, -0.25) is 9.48 Å². The molecule has 0 aliphatic rings. The van der Waals surface area contributed by atoms with Crippen LogP contribution in [-0.2, 0) is 24.7 Å². The topological polar surface area (TPSA) is 59.8 Å². The molecule has 0 saturated carbocycles. The summed E-state index contributed by atoms with van der Waals surface area (Å²) in [6, 6.07) is 6.36. The number of carbonyl (C=O) groups excluding carboxylic acids is 1. The summed E-state index contributed by atoms with van der Waals surface area (Å²) < 4.78 is 2.94. The molecule has 3 aromatic rings. The molecule has 0 spiro atoms. The summed E-state index contributed by atoms with van der Waals surface area (Å²) in [6.07, 6.45) is 3.79. The standard InChI is InChI=1S/C19H24N4OS/c1-5-6-7-14-8-9-16-17(10-14)25-19(20-16)21-18(24)11-15-12(2)22-23(4)13(15)3/h8-10H,5-7,11H2,1-4H3,(H,20,21,24). The highest BCUT2D eigenvalue weighted by molar-refractivity contribution is 7.22. The van der Waals surface area contributed by atoms with Gasteiger partial charge >= 0.3 is 0 Å². The predicted molar refractivity (Wildman–Crippen MR) is 103 cm³/mol. The molecule has 1 N–H and O–H groups in total. The molecule has 132 valence electrons. The van der Waals surface area contributed by atoms with Gasteiger partial charge in [0.05, 0.1) is 22.3 Å². The van der Waals surface area contributed by atoms with Gasteiger partial charge in [0.1, 0.15) is 0 Å². The van der Waals surface area contributed by atoms with E-state index in [-0.39, 0.29) is 5.91 Å². The second-order valence-electron chi connectivity index (χ2n) is 6.42. The summed E-state index contributed by atoms with van der Waals surface area (Å²) in [5.41, 5.74) is 5.19. The molecule has 25 heavy (non-hydrogen) atoms. The van der Waals surface area contributed by atoms with E-state index in [0.717, 1.165) is 33.6 Å². The highest BCUT2D eigenvalue weighted by Crippen LogP contribution is 2.27. The van der Waals surface area contributed by atoms with Gasteiger partial charge in [-0.25, -0.2) is 4.98 Å². The van der Waals surface area contributed by atoms with Crippen LogP contribution < -0.4 is 5.32 Å². The van der Waals surface area contributed by atoms with Crippen molar-refractivity contribution in [3.05, 3.63) is 40.7 Å². The van der Waals surface area contributed by atoms with Gasteiger partial charge in [-0.05, 0) is 44.4 Å². The van der Waals surface area contributed by atoms with Crippen molar-refractivity contribution < 1.29 is 4.79 Å². The van der Waals surface area contributed by atoms with Gasteiger partial charge in [0.2, 0.25) is 5.91 Å². The van der Waals surface area contributed by atoms with Crippen LogP contribution in [0.4, 0.5) is 5.13 Å². The Balaban J connectivity index is 1.72. The van der Waals surface area contributed by atoms with Crippen LogP contribution in [0.15, 0.2) is 18.2 Å². The van der Waals surface area contributed by atoms with Crippen LogP contribution in [0.2, 0.25) is 0 Å². The van der Waals surface area contributed by atoms with Crippen LogP contribution in [0.25, 0.3) is 10.2 Å². The molecule has 0 aliphatic carbocycles. The largest absolute Gasteiger partial charge is 0.302 e. The van der Waals surface area contributed by atoms with Crippen molar-refractivity contribution >= 4 is 32.6 Å². The Morgan fingerprint density at radius 3 is 2.80 bits per heavy atom. The van der Waals surface area contributed by atoms with E-state index in [9.17, 15) is 4.79 Å². The minimum absolute atomic E-state index is 0.0514. The number of nitrogens with one attached hydrogen (secondary N) is 1. The summed E-state index contributed by atoms with van der Waals surface area (Å²) in [4.78, 5) is 16.9. The van der Waals surface area contributed by atoms with E-state index in [4.69, 9.17) is 0 Å². The zero-order valence-corrected chi connectivity index (χ0v) is 16.0. The molecule has 1 amide bonds. The molecule has 2 heterocycles. The van der Waals surface area contributed by atoms with Gasteiger partial charge in [0.15, 0.2) is 5.13 Å². The van der Waals surface area contributed by atoms with Crippen molar-refractivity contribution in [2.24, 2.45) is 7.05 Å². The monoisotopic (exact) mass is 356 g/mol. The highest BCUT2D eigenvalue weighted by Gasteiger charge is 2.15. The van der Waals surface area contributed by atoms with Crippen molar-refractivity contribution in [2.45, 2.75) is 46.5 Å². The number of aromatic nitrogens is 3. The number of nitrogens with zero attached hydrogens (tertiary/aromatic N) is 3. The van der Waals surface area contributed by atoms with Crippen LogP contribution in [0.5, 0.6) is 0 Å². The first-order chi connectivity index (χ1) is 12.0. The Morgan fingerprint density at radius 1 is 1.32 bits per heavy atom. The zero-order chi connectivity index (χ0) is 18.0. The number of thiazole rings is 1. The molecule has 5 nitrogen and oxygen atoms in total. The van der Waals surface area contributed by atoms with Crippen LogP contribution in [0, 0.1) is 13.8 Å². The molecule has 0 unspecified atom stereocenters. The first-order valence-corrected chi connectivity index (χ1v) is 9.48. The van der Waals surface area contributed by atoms with E-state index in [1.165, 1.54) is 29.7 Å². The van der Waals surface area contributed by atoms with Gasteiger partial charge in [-0.15, -0.1) is 0 Å². The summed E-state index contributed by atoms with van der Waals surface area (Å²) in [5, 5.41) is 7.96. The van der Waals surface area contributed by atoms with Gasteiger partial charge < -0.3 is 5.32 Å². The lowest BCUT2D eigenvalue weighted by Gasteiger charge is -2.02. The maximum atomic E-state index is 12.4. The number of carbonyl (C=O) groups is 1. The number of rotatable bonds is 6. The van der Waals surface area contributed by atoms with Gasteiger partial charge in [0, 0.05) is 18.3 Å². The summed E-state index contributed by atoms with van der Waals surface area (Å²) in [7, 11) is 1.90. The minimum Gasteiger partial charge on any atom is -0.302 e. The molecular formula is C19H24N4OS. The lowest BCUT2D eigenvalue weighted by molar-refractivity contribution is -0.115. The van der Waals surface area contributed by atoms with Crippen LogP contribution >= 0.6 is 11.3 Å². The van der Waals surface area contributed by atoms with Crippen molar-refractivity contribution in [1.29, 1.82) is 0 Å².